The van der Waals surface area contributed by atoms with E-state index in [4.69, 9.17) is 4.74 Å². The highest BCUT2D eigenvalue weighted by atomic mass is 16.6. The van der Waals surface area contributed by atoms with Crippen molar-refractivity contribution in [3.05, 3.63) is 34.0 Å². The fourth-order valence-corrected chi connectivity index (χ4v) is 2.02. The second-order valence-electron chi connectivity index (χ2n) is 4.48. The number of nitro groups is 1. The van der Waals surface area contributed by atoms with Crippen LogP contribution in [0, 0.1) is 17.0 Å². The molecule has 0 amide bonds. The number of nitrogens with zero attached hydrogens (tertiary/aromatic N) is 3. The lowest BCUT2D eigenvalue weighted by atomic mass is 10.1. The lowest BCUT2D eigenvalue weighted by molar-refractivity contribution is -0.383. The summed E-state index contributed by atoms with van der Waals surface area (Å²) < 4.78 is 5.13. The van der Waals surface area contributed by atoms with Crippen LogP contribution in [0.5, 0.6) is 5.75 Å². The summed E-state index contributed by atoms with van der Waals surface area (Å²) in [6, 6.07) is 5.06. The number of hydrogen-bond acceptors (Lipinski definition) is 5. The van der Waals surface area contributed by atoms with Crippen LogP contribution in [0.2, 0.25) is 0 Å². The summed E-state index contributed by atoms with van der Waals surface area (Å²) in [5, 5.41) is 11.9. The van der Waals surface area contributed by atoms with Crippen molar-refractivity contribution in [3.8, 4) is 5.75 Å². The molecule has 0 spiro atoms. The number of hydrogen-bond donors (Lipinski definition) is 0. The van der Waals surface area contributed by atoms with Crippen LogP contribution in [0.3, 0.4) is 0 Å². The van der Waals surface area contributed by atoms with Crippen LogP contribution in [-0.2, 0) is 0 Å². The van der Waals surface area contributed by atoms with Crippen molar-refractivity contribution >= 4 is 22.3 Å². The van der Waals surface area contributed by atoms with Crippen molar-refractivity contribution in [2.24, 2.45) is 0 Å². The molecule has 0 radical (unpaired) electrons. The molecule has 2 aromatic rings. The molecule has 0 N–H and O–H groups in total. The third-order valence-electron chi connectivity index (χ3n) is 2.89. The molecule has 0 aliphatic rings. The summed E-state index contributed by atoms with van der Waals surface area (Å²) in [7, 11) is 5.26. The lowest BCUT2D eigenvalue weighted by Crippen LogP contribution is -2.10. The molecule has 0 unspecified atom stereocenters. The second kappa shape index (κ2) is 4.72. The first-order valence-corrected chi connectivity index (χ1v) is 5.75. The molecule has 1 aromatic carbocycles. The van der Waals surface area contributed by atoms with Gasteiger partial charge in [-0.05, 0) is 19.1 Å². The van der Waals surface area contributed by atoms with Gasteiger partial charge in [-0.25, -0.2) is 4.98 Å². The number of non-ortho nitro benzene ring substituents is 1. The van der Waals surface area contributed by atoms with Gasteiger partial charge in [0, 0.05) is 30.9 Å². The number of methoxy groups -OCH3 is 1. The number of nitro benzene ring substituents is 1. The average Bonchev–Trinajstić information content (AvgIpc) is 2.36. The van der Waals surface area contributed by atoms with Gasteiger partial charge in [-0.3, -0.25) is 10.1 Å². The van der Waals surface area contributed by atoms with Gasteiger partial charge >= 0.3 is 0 Å². The number of ether oxygens (including phenoxy) is 1. The Labute approximate surface area is 110 Å². The number of aryl methyl sites for hydroxylation is 1. The molecule has 0 aliphatic carbocycles. The van der Waals surface area contributed by atoms with Crippen molar-refractivity contribution < 1.29 is 9.66 Å². The largest absolute Gasteiger partial charge is 0.496 e. The SMILES string of the molecule is COc1cc([N+](=O)[O-])c2nc(C)cc(N(C)C)c2c1. The molecule has 100 valence electrons. The fraction of sp³-hybridized carbons (Fsp3) is 0.308. The minimum Gasteiger partial charge on any atom is -0.496 e. The van der Waals surface area contributed by atoms with E-state index < -0.39 is 4.92 Å². The van der Waals surface area contributed by atoms with E-state index in [-0.39, 0.29) is 5.69 Å². The van der Waals surface area contributed by atoms with Crippen LogP contribution < -0.4 is 9.64 Å². The Morgan fingerprint density at radius 1 is 1.32 bits per heavy atom. The Morgan fingerprint density at radius 3 is 2.53 bits per heavy atom. The van der Waals surface area contributed by atoms with E-state index in [0.29, 0.717) is 16.7 Å². The summed E-state index contributed by atoms with van der Waals surface area (Å²) in [4.78, 5) is 16.9. The van der Waals surface area contributed by atoms with Gasteiger partial charge in [0.15, 0.2) is 5.52 Å². The first-order chi connectivity index (χ1) is 8.93. The van der Waals surface area contributed by atoms with E-state index in [1.54, 1.807) is 6.07 Å². The van der Waals surface area contributed by atoms with E-state index in [0.717, 1.165) is 11.4 Å². The van der Waals surface area contributed by atoms with Crippen molar-refractivity contribution in [1.29, 1.82) is 0 Å². The Morgan fingerprint density at radius 2 is 2.00 bits per heavy atom. The zero-order chi connectivity index (χ0) is 14.2. The number of pyridine rings is 1. The maximum Gasteiger partial charge on any atom is 0.299 e. The molecule has 2 rings (SSSR count). The Kier molecular flexibility index (Phi) is 3.25. The number of anilines is 1. The van der Waals surface area contributed by atoms with Gasteiger partial charge < -0.3 is 9.64 Å². The minimum atomic E-state index is -0.434. The van der Waals surface area contributed by atoms with Gasteiger partial charge in [0.25, 0.3) is 5.69 Å². The molecule has 19 heavy (non-hydrogen) atoms. The maximum atomic E-state index is 11.2. The molecule has 0 aliphatic heterocycles. The zero-order valence-electron chi connectivity index (χ0n) is 11.3. The van der Waals surface area contributed by atoms with E-state index in [9.17, 15) is 10.1 Å². The topological polar surface area (TPSA) is 68.5 Å². The smallest absolute Gasteiger partial charge is 0.299 e. The average molecular weight is 261 g/mol. The molecule has 0 bridgehead atoms. The van der Waals surface area contributed by atoms with E-state index in [1.807, 2.05) is 32.0 Å². The highest BCUT2D eigenvalue weighted by molar-refractivity contribution is 5.98. The molecule has 0 saturated carbocycles. The highest BCUT2D eigenvalue weighted by Gasteiger charge is 2.19. The van der Waals surface area contributed by atoms with Gasteiger partial charge in [0.2, 0.25) is 0 Å². The van der Waals surface area contributed by atoms with Gasteiger partial charge in [-0.15, -0.1) is 0 Å². The van der Waals surface area contributed by atoms with Gasteiger partial charge in [-0.1, -0.05) is 0 Å². The third-order valence-corrected chi connectivity index (χ3v) is 2.89. The van der Waals surface area contributed by atoms with Gasteiger partial charge in [-0.2, -0.15) is 0 Å². The predicted molar refractivity (Wildman–Crippen MR) is 74.0 cm³/mol. The van der Waals surface area contributed by atoms with Crippen molar-refractivity contribution in [2.45, 2.75) is 6.92 Å². The van der Waals surface area contributed by atoms with E-state index in [2.05, 4.69) is 4.98 Å². The quantitative estimate of drug-likeness (QED) is 0.627. The Bertz CT molecular complexity index is 653. The summed E-state index contributed by atoms with van der Waals surface area (Å²) in [5.74, 6) is 0.452. The predicted octanol–water partition coefficient (Wildman–Crippen LogP) is 2.53. The standard InChI is InChI=1S/C13H15N3O3/c1-8-5-11(15(2)3)10-6-9(19-4)7-12(16(17)18)13(10)14-8/h5-7H,1-4H3. The van der Waals surface area contributed by atoms with Crippen LogP contribution in [0.15, 0.2) is 18.2 Å². The third kappa shape index (κ3) is 2.29. The second-order valence-corrected chi connectivity index (χ2v) is 4.48. The van der Waals surface area contributed by atoms with Crippen molar-refractivity contribution in [2.75, 3.05) is 26.1 Å². The van der Waals surface area contributed by atoms with E-state index in [1.165, 1.54) is 13.2 Å². The fourth-order valence-electron chi connectivity index (χ4n) is 2.02. The lowest BCUT2D eigenvalue weighted by Gasteiger charge is -2.16. The summed E-state index contributed by atoms with van der Waals surface area (Å²) in [5.41, 5.74) is 1.96. The molecule has 0 fully saturated rings. The van der Waals surface area contributed by atoms with Crippen LogP contribution in [0.25, 0.3) is 10.9 Å². The van der Waals surface area contributed by atoms with Gasteiger partial charge in [0.05, 0.1) is 18.1 Å². The monoisotopic (exact) mass is 261 g/mol. The molecule has 0 atom stereocenters. The molecule has 6 heteroatoms. The first-order valence-electron chi connectivity index (χ1n) is 5.75. The molecule has 1 aromatic heterocycles. The molecular weight excluding hydrogens is 246 g/mol. The van der Waals surface area contributed by atoms with Crippen LogP contribution in [0.1, 0.15) is 5.69 Å². The van der Waals surface area contributed by atoms with Crippen LogP contribution >= 0.6 is 0 Å². The highest BCUT2D eigenvalue weighted by Crippen LogP contribution is 2.35. The number of fused-ring (bicyclic) bond motifs is 1. The molecule has 0 saturated heterocycles. The van der Waals surface area contributed by atoms with Crippen LogP contribution in [0.4, 0.5) is 11.4 Å². The summed E-state index contributed by atoms with van der Waals surface area (Å²) >= 11 is 0. The maximum absolute atomic E-state index is 11.2. The summed E-state index contributed by atoms with van der Waals surface area (Å²) in [6.07, 6.45) is 0. The molecule has 6 nitrogen and oxygen atoms in total. The Hall–Kier alpha value is -2.37. The normalized spacial score (nSPS) is 10.5. The molecule has 1 heterocycles. The van der Waals surface area contributed by atoms with Crippen LogP contribution in [-0.4, -0.2) is 31.1 Å². The van der Waals surface area contributed by atoms with Crippen molar-refractivity contribution in [1.82, 2.24) is 4.98 Å². The zero-order valence-corrected chi connectivity index (χ0v) is 11.3. The van der Waals surface area contributed by atoms with Crippen molar-refractivity contribution in [3.63, 3.8) is 0 Å². The van der Waals surface area contributed by atoms with Gasteiger partial charge in [0.1, 0.15) is 5.75 Å². The van der Waals surface area contributed by atoms with E-state index >= 15 is 0 Å². The number of aromatic nitrogens is 1. The minimum absolute atomic E-state index is 0.0406. The summed E-state index contributed by atoms with van der Waals surface area (Å²) in [6.45, 7) is 1.82. The number of benzene rings is 1. The Balaban J connectivity index is 2.92. The molecular formula is C13H15N3O3. The number of rotatable bonds is 3. The first kappa shape index (κ1) is 13.1.